The fourth-order valence-electron chi connectivity index (χ4n) is 3.67. The first kappa shape index (κ1) is 17.0. The predicted octanol–water partition coefficient (Wildman–Crippen LogP) is 1.43. The van der Waals surface area contributed by atoms with Crippen LogP contribution in [0.25, 0.3) is 11.2 Å². The smallest absolute Gasteiger partial charge is 0.167 e. The van der Waals surface area contributed by atoms with Gasteiger partial charge in [0.1, 0.15) is 24.6 Å². The van der Waals surface area contributed by atoms with Crippen LogP contribution in [-0.4, -0.2) is 60.0 Å². The van der Waals surface area contributed by atoms with Crippen LogP contribution in [0, 0.1) is 0 Å². The molecule has 1 aliphatic heterocycles. The highest BCUT2D eigenvalue weighted by atomic mass is 35.5. The lowest BCUT2D eigenvalue weighted by atomic mass is 9.95. The van der Waals surface area contributed by atoms with Gasteiger partial charge >= 0.3 is 0 Å². The maximum atomic E-state index is 10.3. The van der Waals surface area contributed by atoms with E-state index in [0.717, 1.165) is 12.8 Å². The van der Waals surface area contributed by atoms with Crippen LogP contribution in [0.5, 0.6) is 0 Å². The molecule has 1 aliphatic carbocycles. The van der Waals surface area contributed by atoms with Crippen LogP contribution in [0.3, 0.4) is 0 Å². The van der Waals surface area contributed by atoms with Crippen LogP contribution in [0.1, 0.15) is 38.3 Å². The van der Waals surface area contributed by atoms with Crippen LogP contribution >= 0.6 is 11.6 Å². The van der Waals surface area contributed by atoms with Crippen molar-refractivity contribution in [1.29, 1.82) is 0 Å². The Labute approximate surface area is 150 Å². The molecule has 4 atom stereocenters. The fourth-order valence-corrected chi connectivity index (χ4v) is 3.93. The third-order valence-corrected chi connectivity index (χ3v) is 5.37. The summed E-state index contributed by atoms with van der Waals surface area (Å²) in [6, 6.07) is 0.396. The fraction of sp³-hybridized carbons (Fsp3) is 0.688. The van der Waals surface area contributed by atoms with Crippen molar-refractivity contribution < 1.29 is 14.9 Å². The zero-order valence-electron chi connectivity index (χ0n) is 13.8. The number of nitrogens with zero attached hydrogens (tertiary/aromatic N) is 4. The van der Waals surface area contributed by atoms with Gasteiger partial charge in [-0.25, -0.2) is 15.0 Å². The maximum Gasteiger partial charge on any atom is 0.167 e. The van der Waals surface area contributed by atoms with Gasteiger partial charge in [0.2, 0.25) is 0 Å². The van der Waals surface area contributed by atoms with Crippen LogP contribution in [0.4, 0.5) is 5.82 Å². The van der Waals surface area contributed by atoms with Crippen LogP contribution in [0.15, 0.2) is 12.7 Å². The summed E-state index contributed by atoms with van der Waals surface area (Å²) in [5.74, 6) is 0.794. The third kappa shape index (κ3) is 3.08. The number of aliphatic hydroxyl groups excluding tert-OH is 2. The Balaban J connectivity index is 1.62. The van der Waals surface area contributed by atoms with E-state index in [4.69, 9.17) is 16.3 Å². The number of anilines is 1. The molecule has 8 nitrogen and oxygen atoms in total. The van der Waals surface area contributed by atoms with E-state index in [1.165, 1.54) is 25.6 Å². The molecule has 0 unspecified atom stereocenters. The predicted molar refractivity (Wildman–Crippen MR) is 92.5 cm³/mol. The van der Waals surface area contributed by atoms with Crippen molar-refractivity contribution in [2.75, 3.05) is 11.2 Å². The van der Waals surface area contributed by atoms with Gasteiger partial charge in [-0.1, -0.05) is 19.3 Å². The molecule has 2 fully saturated rings. The summed E-state index contributed by atoms with van der Waals surface area (Å²) in [5.41, 5.74) is 1.19. The first-order chi connectivity index (χ1) is 12.2. The van der Waals surface area contributed by atoms with Gasteiger partial charge in [0, 0.05) is 6.04 Å². The normalized spacial score (nSPS) is 30.8. The summed E-state index contributed by atoms with van der Waals surface area (Å²) in [5, 5.41) is 23.8. The molecule has 3 N–H and O–H groups in total. The molecule has 1 saturated carbocycles. The van der Waals surface area contributed by atoms with Gasteiger partial charge in [0.05, 0.1) is 12.2 Å². The molecule has 9 heteroatoms. The number of fused-ring (bicyclic) bond motifs is 1. The minimum absolute atomic E-state index is 0.102. The van der Waals surface area contributed by atoms with Crippen molar-refractivity contribution in [3.8, 4) is 0 Å². The standard InChI is InChI=1S/C16H22ClN5O3/c17-6-10-12(23)13(24)16(25-10)22-8-20-11-14(18-7-19-15(11)22)21-9-4-2-1-3-5-9/h7-10,12-13,16,23-24H,1-6H2,(H,18,19,21)/t10-,12-,13-,16-/m1/s1. The van der Waals surface area contributed by atoms with Crippen LogP contribution < -0.4 is 5.32 Å². The lowest BCUT2D eigenvalue weighted by molar-refractivity contribution is -0.0291. The number of aliphatic hydroxyl groups is 2. The quantitative estimate of drug-likeness (QED) is 0.702. The van der Waals surface area contributed by atoms with E-state index in [1.54, 1.807) is 10.9 Å². The van der Waals surface area contributed by atoms with Crippen molar-refractivity contribution in [2.24, 2.45) is 0 Å². The van der Waals surface area contributed by atoms with Crippen molar-refractivity contribution in [3.63, 3.8) is 0 Å². The van der Waals surface area contributed by atoms with Crippen LogP contribution in [-0.2, 0) is 4.74 Å². The number of rotatable bonds is 4. The second-order valence-electron chi connectivity index (χ2n) is 6.73. The van der Waals surface area contributed by atoms with Gasteiger partial charge < -0.3 is 20.3 Å². The number of hydrogen-bond donors (Lipinski definition) is 3. The summed E-state index contributed by atoms with van der Waals surface area (Å²) < 4.78 is 7.32. The minimum atomic E-state index is -1.09. The second-order valence-corrected chi connectivity index (χ2v) is 7.03. The number of imidazole rings is 1. The number of nitrogens with one attached hydrogen (secondary N) is 1. The summed E-state index contributed by atoms with van der Waals surface area (Å²) in [6.45, 7) is 0. The van der Waals surface area contributed by atoms with Crippen molar-refractivity contribution in [2.45, 2.75) is 62.7 Å². The molecule has 25 heavy (non-hydrogen) atoms. The van der Waals surface area contributed by atoms with E-state index in [9.17, 15) is 10.2 Å². The monoisotopic (exact) mass is 367 g/mol. The highest BCUT2D eigenvalue weighted by Crippen LogP contribution is 2.33. The Kier molecular flexibility index (Phi) is 4.77. The Morgan fingerprint density at radius 2 is 1.96 bits per heavy atom. The van der Waals surface area contributed by atoms with Gasteiger partial charge in [-0.05, 0) is 12.8 Å². The summed E-state index contributed by atoms with van der Waals surface area (Å²) in [4.78, 5) is 13.0. The van der Waals surface area contributed by atoms with E-state index in [2.05, 4.69) is 20.3 Å². The third-order valence-electron chi connectivity index (χ3n) is 5.07. The van der Waals surface area contributed by atoms with E-state index < -0.39 is 24.5 Å². The summed E-state index contributed by atoms with van der Waals surface area (Å²) >= 11 is 5.79. The largest absolute Gasteiger partial charge is 0.387 e. The number of halogens is 1. The summed E-state index contributed by atoms with van der Waals surface area (Å²) in [7, 11) is 0. The number of ether oxygens (including phenoxy) is 1. The van der Waals surface area contributed by atoms with Crippen molar-refractivity contribution in [1.82, 2.24) is 19.5 Å². The SMILES string of the molecule is O[C@@H]1[C@H](O)[C@@H](CCl)O[C@H]1n1cnc2c(NC3CCCCC3)ncnc21. The topological polar surface area (TPSA) is 105 Å². The molecule has 3 heterocycles. The highest BCUT2D eigenvalue weighted by molar-refractivity contribution is 6.18. The van der Waals surface area contributed by atoms with Gasteiger partial charge in [-0.3, -0.25) is 4.57 Å². The van der Waals surface area contributed by atoms with E-state index in [1.807, 2.05) is 0 Å². The van der Waals surface area contributed by atoms with Crippen LogP contribution in [0.2, 0.25) is 0 Å². The van der Waals surface area contributed by atoms with Gasteiger partial charge in [-0.15, -0.1) is 11.6 Å². The first-order valence-corrected chi connectivity index (χ1v) is 9.24. The lowest BCUT2D eigenvalue weighted by Gasteiger charge is -2.23. The maximum absolute atomic E-state index is 10.3. The van der Waals surface area contributed by atoms with E-state index >= 15 is 0 Å². The zero-order chi connectivity index (χ0) is 17.4. The van der Waals surface area contributed by atoms with Gasteiger partial charge in [0.25, 0.3) is 0 Å². The Morgan fingerprint density at radius 3 is 2.68 bits per heavy atom. The van der Waals surface area contributed by atoms with Gasteiger partial charge in [-0.2, -0.15) is 0 Å². The Bertz CT molecular complexity index is 736. The number of hydrogen-bond acceptors (Lipinski definition) is 7. The number of aromatic nitrogens is 4. The molecule has 2 aliphatic rings. The first-order valence-electron chi connectivity index (χ1n) is 8.70. The molecule has 0 bridgehead atoms. The Hall–Kier alpha value is -1.48. The number of alkyl halides is 1. The zero-order valence-corrected chi connectivity index (χ0v) is 14.5. The van der Waals surface area contributed by atoms with E-state index in [0.29, 0.717) is 23.0 Å². The molecule has 0 radical (unpaired) electrons. The molecular formula is C16H22ClN5O3. The molecule has 0 amide bonds. The Morgan fingerprint density at radius 1 is 1.16 bits per heavy atom. The average Bonchev–Trinajstić information content (AvgIpc) is 3.18. The average molecular weight is 368 g/mol. The molecule has 1 saturated heterocycles. The highest BCUT2D eigenvalue weighted by Gasteiger charge is 2.43. The lowest BCUT2D eigenvalue weighted by Crippen LogP contribution is -2.32. The van der Waals surface area contributed by atoms with Crippen molar-refractivity contribution >= 4 is 28.6 Å². The molecule has 4 rings (SSSR count). The molecule has 136 valence electrons. The molecule has 0 spiro atoms. The van der Waals surface area contributed by atoms with Crippen molar-refractivity contribution in [3.05, 3.63) is 12.7 Å². The molecule has 0 aromatic carbocycles. The van der Waals surface area contributed by atoms with Gasteiger partial charge in [0.15, 0.2) is 23.2 Å². The van der Waals surface area contributed by atoms with E-state index in [-0.39, 0.29) is 5.88 Å². The second kappa shape index (κ2) is 7.03. The molecule has 2 aromatic rings. The molecular weight excluding hydrogens is 346 g/mol. The minimum Gasteiger partial charge on any atom is -0.387 e. The summed E-state index contributed by atoms with van der Waals surface area (Å²) in [6.07, 6.45) is 5.48. The molecule has 2 aromatic heterocycles.